The predicted molar refractivity (Wildman–Crippen MR) is 85.9 cm³/mol. The van der Waals surface area contributed by atoms with E-state index >= 15 is 0 Å². The molecule has 0 aliphatic carbocycles. The number of nitrogens with two attached hydrogens (primary N) is 1. The van der Waals surface area contributed by atoms with E-state index in [1.807, 2.05) is 6.07 Å². The van der Waals surface area contributed by atoms with Crippen LogP contribution in [0, 0.1) is 0 Å². The number of anilines is 1. The lowest BCUT2D eigenvalue weighted by Gasteiger charge is -2.11. The molecule has 2 aromatic rings. The van der Waals surface area contributed by atoms with Gasteiger partial charge in [-0.3, -0.25) is 0 Å². The van der Waals surface area contributed by atoms with Crippen molar-refractivity contribution >= 4 is 33.2 Å². The van der Waals surface area contributed by atoms with Crippen LogP contribution in [-0.2, 0) is 0 Å². The second-order valence-corrected chi connectivity index (χ2v) is 5.55. The van der Waals surface area contributed by atoms with E-state index in [-0.39, 0.29) is 0 Å². The van der Waals surface area contributed by atoms with Gasteiger partial charge in [0.15, 0.2) is 0 Å². The highest BCUT2D eigenvalue weighted by Crippen LogP contribution is 2.34. The van der Waals surface area contributed by atoms with Crippen molar-refractivity contribution in [3.63, 3.8) is 0 Å². The van der Waals surface area contributed by atoms with Crippen molar-refractivity contribution in [2.24, 2.45) is 0 Å². The first-order chi connectivity index (χ1) is 9.58. The van der Waals surface area contributed by atoms with Crippen molar-refractivity contribution in [3.05, 3.63) is 45.9 Å². The molecule has 0 fully saturated rings. The molecule has 0 amide bonds. The van der Waals surface area contributed by atoms with Gasteiger partial charge < -0.3 is 15.2 Å². The maximum atomic E-state index is 5.90. The SMILES string of the molecule is CCCOc1cc(N)cc(Oc2ccc(Cl)cc2Br)c1. The minimum atomic E-state index is 0.596. The van der Waals surface area contributed by atoms with Crippen molar-refractivity contribution in [2.45, 2.75) is 13.3 Å². The van der Waals surface area contributed by atoms with Gasteiger partial charge in [0.1, 0.15) is 17.2 Å². The summed E-state index contributed by atoms with van der Waals surface area (Å²) < 4.78 is 12.2. The molecule has 0 aromatic heterocycles. The highest BCUT2D eigenvalue weighted by Gasteiger charge is 2.06. The van der Waals surface area contributed by atoms with Crippen LogP contribution in [0.4, 0.5) is 5.69 Å². The molecule has 0 atom stereocenters. The van der Waals surface area contributed by atoms with Gasteiger partial charge in [0, 0.05) is 28.9 Å². The van der Waals surface area contributed by atoms with Gasteiger partial charge in [-0.05, 0) is 40.5 Å². The summed E-state index contributed by atoms with van der Waals surface area (Å²) in [6.07, 6.45) is 0.938. The van der Waals surface area contributed by atoms with E-state index in [9.17, 15) is 0 Å². The number of hydrogen-bond donors (Lipinski definition) is 1. The fourth-order valence-corrected chi connectivity index (χ4v) is 2.40. The molecular formula is C15H15BrClNO2. The van der Waals surface area contributed by atoms with E-state index < -0.39 is 0 Å². The molecule has 2 N–H and O–H groups in total. The molecule has 0 heterocycles. The maximum Gasteiger partial charge on any atom is 0.141 e. The van der Waals surface area contributed by atoms with Gasteiger partial charge in [-0.1, -0.05) is 18.5 Å². The summed E-state index contributed by atoms with van der Waals surface area (Å²) in [4.78, 5) is 0. The van der Waals surface area contributed by atoms with E-state index in [0.29, 0.717) is 34.6 Å². The standard InChI is InChI=1S/C15H15BrClNO2/c1-2-5-19-12-7-11(18)8-13(9-12)20-15-4-3-10(17)6-14(15)16/h3-4,6-9H,2,5,18H2,1H3. The molecule has 0 spiro atoms. The minimum absolute atomic E-state index is 0.596. The minimum Gasteiger partial charge on any atom is -0.493 e. The van der Waals surface area contributed by atoms with E-state index in [2.05, 4.69) is 22.9 Å². The first-order valence-corrected chi connectivity index (χ1v) is 7.42. The quantitative estimate of drug-likeness (QED) is 0.743. The second kappa shape index (κ2) is 6.86. The maximum absolute atomic E-state index is 5.90. The van der Waals surface area contributed by atoms with Gasteiger partial charge in [0.05, 0.1) is 11.1 Å². The Hall–Kier alpha value is -1.39. The zero-order valence-corrected chi connectivity index (χ0v) is 13.4. The Morgan fingerprint density at radius 2 is 1.90 bits per heavy atom. The fraction of sp³-hybridized carbons (Fsp3) is 0.200. The Balaban J connectivity index is 2.21. The van der Waals surface area contributed by atoms with E-state index in [4.69, 9.17) is 26.8 Å². The fourth-order valence-electron chi connectivity index (χ4n) is 1.64. The van der Waals surface area contributed by atoms with E-state index in [1.54, 1.807) is 30.3 Å². The molecular weight excluding hydrogens is 342 g/mol. The molecule has 0 saturated heterocycles. The summed E-state index contributed by atoms with van der Waals surface area (Å²) in [5, 5.41) is 0.642. The third-order valence-corrected chi connectivity index (χ3v) is 3.35. The van der Waals surface area contributed by atoms with Crippen molar-refractivity contribution in [1.82, 2.24) is 0 Å². The van der Waals surface area contributed by atoms with Crippen LogP contribution in [0.5, 0.6) is 17.2 Å². The van der Waals surface area contributed by atoms with Crippen LogP contribution in [0.2, 0.25) is 5.02 Å². The molecule has 0 saturated carbocycles. The lowest BCUT2D eigenvalue weighted by Crippen LogP contribution is -1.97. The van der Waals surface area contributed by atoms with Crippen LogP contribution >= 0.6 is 27.5 Å². The summed E-state index contributed by atoms with van der Waals surface area (Å²) in [5.74, 6) is 1.99. The Labute approximate surface area is 131 Å². The Morgan fingerprint density at radius 1 is 1.15 bits per heavy atom. The van der Waals surface area contributed by atoms with Crippen molar-refractivity contribution < 1.29 is 9.47 Å². The Morgan fingerprint density at radius 3 is 2.60 bits per heavy atom. The number of ether oxygens (including phenoxy) is 2. The number of nitrogen functional groups attached to an aromatic ring is 1. The van der Waals surface area contributed by atoms with Crippen molar-refractivity contribution in [2.75, 3.05) is 12.3 Å². The number of rotatable bonds is 5. The zero-order chi connectivity index (χ0) is 14.5. The number of halogens is 2. The van der Waals surface area contributed by atoms with Crippen molar-refractivity contribution in [1.29, 1.82) is 0 Å². The number of hydrogen-bond acceptors (Lipinski definition) is 3. The van der Waals surface area contributed by atoms with Gasteiger partial charge in [-0.25, -0.2) is 0 Å². The molecule has 0 unspecified atom stereocenters. The molecule has 2 rings (SSSR count). The molecule has 0 radical (unpaired) electrons. The van der Waals surface area contributed by atoms with Crippen LogP contribution in [0.15, 0.2) is 40.9 Å². The average Bonchev–Trinajstić information content (AvgIpc) is 2.39. The smallest absolute Gasteiger partial charge is 0.141 e. The van der Waals surface area contributed by atoms with Gasteiger partial charge >= 0.3 is 0 Å². The lowest BCUT2D eigenvalue weighted by molar-refractivity contribution is 0.316. The molecule has 0 aliphatic heterocycles. The van der Waals surface area contributed by atoms with Crippen molar-refractivity contribution in [3.8, 4) is 17.2 Å². The highest BCUT2D eigenvalue weighted by molar-refractivity contribution is 9.10. The second-order valence-electron chi connectivity index (χ2n) is 4.26. The summed E-state index contributed by atoms with van der Waals surface area (Å²) in [6, 6.07) is 10.7. The van der Waals surface area contributed by atoms with Gasteiger partial charge in [0.25, 0.3) is 0 Å². The van der Waals surface area contributed by atoms with Gasteiger partial charge in [0.2, 0.25) is 0 Å². The van der Waals surface area contributed by atoms with Gasteiger partial charge in [-0.15, -0.1) is 0 Å². The molecule has 2 aromatic carbocycles. The average molecular weight is 357 g/mol. The molecule has 0 aliphatic rings. The molecule has 5 heteroatoms. The van der Waals surface area contributed by atoms with E-state index in [1.165, 1.54) is 0 Å². The molecule has 0 bridgehead atoms. The van der Waals surface area contributed by atoms with Crippen LogP contribution in [-0.4, -0.2) is 6.61 Å². The Bertz CT molecular complexity index is 604. The summed E-state index contributed by atoms with van der Waals surface area (Å²) in [6.45, 7) is 2.70. The Kier molecular flexibility index (Phi) is 5.15. The zero-order valence-electron chi connectivity index (χ0n) is 11.0. The first-order valence-electron chi connectivity index (χ1n) is 6.24. The van der Waals surface area contributed by atoms with Gasteiger partial charge in [-0.2, -0.15) is 0 Å². The lowest BCUT2D eigenvalue weighted by atomic mass is 10.3. The monoisotopic (exact) mass is 355 g/mol. The first kappa shape index (κ1) is 15.0. The highest BCUT2D eigenvalue weighted by atomic mass is 79.9. The molecule has 3 nitrogen and oxygen atoms in total. The van der Waals surface area contributed by atoms with Crippen LogP contribution in [0.25, 0.3) is 0 Å². The third-order valence-electron chi connectivity index (χ3n) is 2.50. The normalized spacial score (nSPS) is 10.3. The summed E-state index contributed by atoms with van der Waals surface area (Å²) in [5.41, 5.74) is 6.45. The van der Waals surface area contributed by atoms with E-state index in [0.717, 1.165) is 10.9 Å². The van der Waals surface area contributed by atoms with Crippen LogP contribution < -0.4 is 15.2 Å². The summed E-state index contributed by atoms with van der Waals surface area (Å²) in [7, 11) is 0. The predicted octanol–water partition coefficient (Wildman–Crippen LogP) is 5.27. The third kappa shape index (κ3) is 4.05. The topological polar surface area (TPSA) is 44.5 Å². The van der Waals surface area contributed by atoms with Crippen LogP contribution in [0.1, 0.15) is 13.3 Å². The summed E-state index contributed by atoms with van der Waals surface area (Å²) >= 11 is 9.31. The number of benzene rings is 2. The molecule has 20 heavy (non-hydrogen) atoms. The van der Waals surface area contributed by atoms with Crippen LogP contribution in [0.3, 0.4) is 0 Å². The molecule has 106 valence electrons. The largest absolute Gasteiger partial charge is 0.493 e.